The Morgan fingerprint density at radius 2 is 1.90 bits per heavy atom. The van der Waals surface area contributed by atoms with Crippen LogP contribution in [0.3, 0.4) is 0 Å². The molecule has 0 saturated carbocycles. The average Bonchev–Trinajstić information content (AvgIpc) is 2.75. The minimum Gasteiger partial charge on any atom is -0.347 e. The molecule has 5 rings (SSSR count). The molecule has 1 saturated heterocycles. The first-order valence-electron chi connectivity index (χ1n) is 10.4. The fourth-order valence-corrected chi connectivity index (χ4v) is 4.54. The molecule has 0 amide bonds. The van der Waals surface area contributed by atoms with Crippen LogP contribution >= 0.6 is 0 Å². The Morgan fingerprint density at radius 3 is 2.76 bits per heavy atom. The van der Waals surface area contributed by atoms with Gasteiger partial charge in [-0.25, -0.2) is 4.98 Å². The van der Waals surface area contributed by atoms with Gasteiger partial charge in [-0.3, -0.25) is 9.88 Å². The van der Waals surface area contributed by atoms with E-state index in [2.05, 4.69) is 82.5 Å². The summed E-state index contributed by atoms with van der Waals surface area (Å²) in [6.07, 6.45) is 10.5. The van der Waals surface area contributed by atoms with Crippen molar-refractivity contribution in [1.82, 2.24) is 14.9 Å². The summed E-state index contributed by atoms with van der Waals surface area (Å²) < 4.78 is 0. The highest BCUT2D eigenvalue weighted by Crippen LogP contribution is 2.34. The lowest BCUT2D eigenvalue weighted by molar-refractivity contribution is 0.205. The minimum absolute atomic E-state index is 0.501. The lowest BCUT2D eigenvalue weighted by atomic mass is 10.0. The van der Waals surface area contributed by atoms with Crippen molar-refractivity contribution >= 4 is 22.3 Å². The van der Waals surface area contributed by atoms with Gasteiger partial charge in [0.25, 0.3) is 0 Å². The van der Waals surface area contributed by atoms with E-state index in [1.807, 2.05) is 12.4 Å². The van der Waals surface area contributed by atoms with Crippen LogP contribution in [0.5, 0.6) is 0 Å². The van der Waals surface area contributed by atoms with Gasteiger partial charge >= 0.3 is 0 Å². The van der Waals surface area contributed by atoms with Gasteiger partial charge in [-0.1, -0.05) is 18.2 Å². The summed E-state index contributed by atoms with van der Waals surface area (Å²) in [6, 6.07) is 13.4. The number of anilines is 2. The smallest absolute Gasteiger partial charge is 0.157 e. The molecule has 29 heavy (non-hydrogen) atoms. The molecule has 0 aliphatic carbocycles. The number of aromatic nitrogens is 2. The molecule has 5 nitrogen and oxygen atoms in total. The van der Waals surface area contributed by atoms with Gasteiger partial charge in [0.15, 0.2) is 5.82 Å². The number of nitrogens with zero attached hydrogens (tertiary/aromatic N) is 5. The summed E-state index contributed by atoms with van der Waals surface area (Å²) in [5.41, 5.74) is 3.65. The molecule has 4 heterocycles. The second-order valence-corrected chi connectivity index (χ2v) is 8.13. The molecule has 1 fully saturated rings. The van der Waals surface area contributed by atoms with E-state index < -0.39 is 0 Å². The number of fused-ring (bicyclic) bond motifs is 2. The molecule has 3 aromatic rings. The van der Waals surface area contributed by atoms with Crippen molar-refractivity contribution in [1.29, 1.82) is 0 Å². The number of benzene rings is 1. The molecule has 148 valence electrons. The van der Waals surface area contributed by atoms with E-state index in [0.29, 0.717) is 6.04 Å². The van der Waals surface area contributed by atoms with E-state index in [1.165, 1.54) is 22.0 Å². The number of rotatable bonds is 3. The van der Waals surface area contributed by atoms with Gasteiger partial charge in [0.2, 0.25) is 0 Å². The monoisotopic (exact) mass is 385 g/mol. The molecule has 5 heteroatoms. The zero-order valence-electron chi connectivity index (χ0n) is 17.1. The van der Waals surface area contributed by atoms with Crippen molar-refractivity contribution in [2.75, 3.05) is 29.9 Å². The van der Waals surface area contributed by atoms with Gasteiger partial charge in [-0.05, 0) is 48.9 Å². The van der Waals surface area contributed by atoms with Crippen LogP contribution in [0.2, 0.25) is 0 Å². The zero-order valence-corrected chi connectivity index (χ0v) is 17.1. The van der Waals surface area contributed by atoms with Crippen LogP contribution in [0.4, 0.5) is 11.5 Å². The van der Waals surface area contributed by atoms with Crippen molar-refractivity contribution in [3.8, 4) is 0 Å². The molecule has 1 aromatic carbocycles. The molecule has 2 aliphatic heterocycles. The highest BCUT2D eigenvalue weighted by molar-refractivity contribution is 5.84. The third kappa shape index (κ3) is 3.47. The van der Waals surface area contributed by atoms with Crippen LogP contribution in [0.15, 0.2) is 61.2 Å². The standard InChI is InChI=1S/C24H27N5/c1-18-6-7-23-24(26-18)29(15-14-27(23)2)21-9-12-28(13-10-21)17-20-5-3-4-19-16-25-11-8-22(19)20/h3-8,11,14-16,21H,9-10,12-13,17H2,1-2H3. The van der Waals surface area contributed by atoms with Crippen molar-refractivity contribution in [2.45, 2.75) is 32.4 Å². The summed E-state index contributed by atoms with van der Waals surface area (Å²) in [5, 5.41) is 2.54. The second kappa shape index (κ2) is 7.48. The number of hydrogen-bond donors (Lipinski definition) is 0. The maximum Gasteiger partial charge on any atom is 0.157 e. The first-order chi connectivity index (χ1) is 14.2. The average molecular weight is 386 g/mol. The van der Waals surface area contributed by atoms with Crippen molar-refractivity contribution in [2.24, 2.45) is 0 Å². The van der Waals surface area contributed by atoms with Gasteiger partial charge in [-0.2, -0.15) is 0 Å². The SMILES string of the molecule is Cc1ccc2c(n1)N(C1CCN(Cc3cccc4cnccc34)CC1)C=CN2C. The zero-order chi connectivity index (χ0) is 19.8. The molecule has 0 bridgehead atoms. The summed E-state index contributed by atoms with van der Waals surface area (Å²) in [4.78, 5) is 16.2. The van der Waals surface area contributed by atoms with Crippen LogP contribution < -0.4 is 9.80 Å². The molecule has 2 aromatic heterocycles. The molecule has 2 aliphatic rings. The number of likely N-dealkylation sites (tertiary alicyclic amines) is 1. The van der Waals surface area contributed by atoms with E-state index in [1.54, 1.807) is 0 Å². The lowest BCUT2D eigenvalue weighted by Gasteiger charge is -2.40. The van der Waals surface area contributed by atoms with Crippen LogP contribution in [0.1, 0.15) is 24.1 Å². The van der Waals surface area contributed by atoms with E-state index in [-0.39, 0.29) is 0 Å². The number of hydrogen-bond acceptors (Lipinski definition) is 5. The first-order valence-corrected chi connectivity index (χ1v) is 10.4. The molecule has 0 spiro atoms. The van der Waals surface area contributed by atoms with Gasteiger partial charge in [0.1, 0.15) is 0 Å². The maximum atomic E-state index is 4.86. The van der Waals surface area contributed by atoms with Crippen LogP contribution in [-0.2, 0) is 6.54 Å². The minimum atomic E-state index is 0.501. The Bertz CT molecular complexity index is 1050. The summed E-state index contributed by atoms with van der Waals surface area (Å²) in [6.45, 7) is 5.28. The molecule has 0 atom stereocenters. The molecular formula is C24H27N5. The quantitative estimate of drug-likeness (QED) is 0.671. The van der Waals surface area contributed by atoms with Crippen molar-refractivity contribution < 1.29 is 0 Å². The largest absolute Gasteiger partial charge is 0.347 e. The van der Waals surface area contributed by atoms with Crippen LogP contribution in [-0.4, -0.2) is 41.0 Å². The number of pyridine rings is 2. The summed E-state index contributed by atoms with van der Waals surface area (Å²) in [7, 11) is 2.09. The number of piperidine rings is 1. The highest BCUT2D eigenvalue weighted by atomic mass is 15.3. The van der Waals surface area contributed by atoms with Gasteiger partial charge in [0.05, 0.1) is 5.69 Å². The Morgan fingerprint density at radius 1 is 1.03 bits per heavy atom. The maximum absolute atomic E-state index is 4.86. The molecule has 0 N–H and O–H groups in total. The molecule has 0 radical (unpaired) electrons. The van der Waals surface area contributed by atoms with E-state index >= 15 is 0 Å². The topological polar surface area (TPSA) is 35.5 Å². The Balaban J connectivity index is 1.30. The van der Waals surface area contributed by atoms with Gasteiger partial charge in [-0.15, -0.1) is 0 Å². The summed E-state index contributed by atoms with van der Waals surface area (Å²) in [5.74, 6) is 1.09. The van der Waals surface area contributed by atoms with Gasteiger partial charge < -0.3 is 9.80 Å². The van der Waals surface area contributed by atoms with Crippen molar-refractivity contribution in [3.63, 3.8) is 0 Å². The van der Waals surface area contributed by atoms with E-state index in [9.17, 15) is 0 Å². The normalized spacial score (nSPS) is 17.7. The fourth-order valence-electron chi connectivity index (χ4n) is 4.54. The Kier molecular flexibility index (Phi) is 4.68. The van der Waals surface area contributed by atoms with E-state index in [0.717, 1.165) is 44.0 Å². The third-order valence-electron chi connectivity index (χ3n) is 6.18. The lowest BCUT2D eigenvalue weighted by Crippen LogP contribution is -2.44. The predicted octanol–water partition coefficient (Wildman–Crippen LogP) is 4.33. The van der Waals surface area contributed by atoms with Crippen LogP contribution in [0.25, 0.3) is 10.8 Å². The Labute approximate surface area is 172 Å². The molecule has 0 unspecified atom stereocenters. The second-order valence-electron chi connectivity index (χ2n) is 8.13. The predicted molar refractivity (Wildman–Crippen MR) is 119 cm³/mol. The molecular weight excluding hydrogens is 358 g/mol. The van der Waals surface area contributed by atoms with Crippen LogP contribution in [0, 0.1) is 6.92 Å². The highest BCUT2D eigenvalue weighted by Gasteiger charge is 2.28. The number of aryl methyl sites for hydroxylation is 1. The first kappa shape index (κ1) is 18.1. The van der Waals surface area contributed by atoms with E-state index in [4.69, 9.17) is 4.98 Å². The Hall–Kier alpha value is -2.92. The van der Waals surface area contributed by atoms with Crippen molar-refractivity contribution in [3.05, 3.63) is 72.4 Å². The van der Waals surface area contributed by atoms with Gasteiger partial charge in [0, 0.05) is 68.6 Å². The fraction of sp³-hybridized carbons (Fsp3) is 0.333. The summed E-state index contributed by atoms with van der Waals surface area (Å²) >= 11 is 0. The third-order valence-corrected chi connectivity index (χ3v) is 6.18.